The summed E-state index contributed by atoms with van der Waals surface area (Å²) in [5, 5.41) is 2.73. The fourth-order valence-electron chi connectivity index (χ4n) is 4.02. The summed E-state index contributed by atoms with van der Waals surface area (Å²) >= 11 is 0. The first kappa shape index (κ1) is 23.2. The third-order valence-corrected chi connectivity index (χ3v) is 6.96. The van der Waals surface area contributed by atoms with Crippen molar-refractivity contribution < 1.29 is 13.2 Å². The Kier molecular flexibility index (Phi) is 8.48. The monoisotopic (exact) mass is 416 g/mol. The molecular formula is C23H32N2O3S. The van der Waals surface area contributed by atoms with Crippen LogP contribution in [0.15, 0.2) is 42.0 Å². The standard InChI is InChI=1S/C23H32N2O3S/c1-5-11-24-23(26)14-20-13-22(17(2)3)21(12-18(20)4)15-25-29(27,28)16-19-9-7-6-8-10-19/h1,6-10,12,17,20-22,25H,11,13-16H2,2-4H3,(H,24,26). The highest BCUT2D eigenvalue weighted by atomic mass is 32.2. The van der Waals surface area contributed by atoms with Crippen LogP contribution < -0.4 is 10.0 Å². The van der Waals surface area contributed by atoms with Gasteiger partial charge in [-0.05, 0) is 42.6 Å². The van der Waals surface area contributed by atoms with Gasteiger partial charge in [0.25, 0.3) is 0 Å². The van der Waals surface area contributed by atoms with Crippen LogP contribution in [0.1, 0.15) is 39.2 Å². The SMILES string of the molecule is C#CCNC(=O)CC1CC(C(C)C)C(CNS(=O)(=O)Cc2ccccc2)C=C1C. The third-order valence-electron chi connectivity index (χ3n) is 5.64. The molecule has 0 heterocycles. The first-order chi connectivity index (χ1) is 13.7. The quantitative estimate of drug-likeness (QED) is 0.480. The first-order valence-electron chi connectivity index (χ1n) is 10.1. The van der Waals surface area contributed by atoms with Crippen molar-refractivity contribution in [1.82, 2.24) is 10.0 Å². The highest BCUT2D eigenvalue weighted by molar-refractivity contribution is 7.88. The van der Waals surface area contributed by atoms with Gasteiger partial charge in [0, 0.05) is 13.0 Å². The number of nitrogens with one attached hydrogen (secondary N) is 2. The molecule has 158 valence electrons. The van der Waals surface area contributed by atoms with Crippen LogP contribution >= 0.6 is 0 Å². The Morgan fingerprint density at radius 1 is 1.28 bits per heavy atom. The molecule has 2 N–H and O–H groups in total. The van der Waals surface area contributed by atoms with Gasteiger partial charge in [0.15, 0.2) is 0 Å². The number of sulfonamides is 1. The minimum atomic E-state index is -3.41. The zero-order valence-electron chi connectivity index (χ0n) is 17.5. The molecule has 0 saturated heterocycles. The Labute approximate surface area is 175 Å². The van der Waals surface area contributed by atoms with E-state index in [9.17, 15) is 13.2 Å². The van der Waals surface area contributed by atoms with Crippen molar-refractivity contribution in [3.8, 4) is 12.3 Å². The van der Waals surface area contributed by atoms with E-state index in [4.69, 9.17) is 6.42 Å². The molecule has 5 nitrogen and oxygen atoms in total. The smallest absolute Gasteiger partial charge is 0.221 e. The van der Waals surface area contributed by atoms with Crippen LogP contribution in [0, 0.1) is 36.0 Å². The van der Waals surface area contributed by atoms with Crippen LogP contribution in [0.25, 0.3) is 0 Å². The number of terminal acetylenes is 1. The summed E-state index contributed by atoms with van der Waals surface area (Å²) in [4.78, 5) is 12.1. The normalized spacial score (nSPS) is 22.0. The number of rotatable bonds is 9. The Hall–Kier alpha value is -2.10. The number of carbonyl (C=O) groups excluding carboxylic acids is 1. The summed E-state index contributed by atoms with van der Waals surface area (Å²) in [7, 11) is -3.41. The first-order valence-corrected chi connectivity index (χ1v) is 11.8. The molecule has 1 aromatic carbocycles. The highest BCUT2D eigenvalue weighted by Gasteiger charge is 2.33. The zero-order valence-corrected chi connectivity index (χ0v) is 18.3. The third kappa shape index (κ3) is 7.34. The van der Waals surface area contributed by atoms with Crippen LogP contribution in [0.2, 0.25) is 0 Å². The summed E-state index contributed by atoms with van der Waals surface area (Å²) in [6.45, 7) is 6.96. The molecule has 3 atom stereocenters. The van der Waals surface area contributed by atoms with E-state index >= 15 is 0 Å². The summed E-state index contributed by atoms with van der Waals surface area (Å²) < 4.78 is 27.8. The minimum absolute atomic E-state index is 0.0203. The second-order valence-corrected chi connectivity index (χ2v) is 10.0. The predicted octanol–water partition coefficient (Wildman–Crippen LogP) is 3.10. The molecule has 0 spiro atoms. The molecule has 1 aliphatic carbocycles. The van der Waals surface area contributed by atoms with Crippen molar-refractivity contribution in [2.45, 2.75) is 39.4 Å². The van der Waals surface area contributed by atoms with Gasteiger partial charge in [-0.3, -0.25) is 4.79 Å². The molecule has 0 saturated carbocycles. The molecule has 0 radical (unpaired) electrons. The van der Waals surface area contributed by atoms with Crippen LogP contribution in [0.4, 0.5) is 0 Å². The van der Waals surface area contributed by atoms with E-state index in [0.29, 0.717) is 24.8 Å². The van der Waals surface area contributed by atoms with Crippen LogP contribution in [0.3, 0.4) is 0 Å². The Morgan fingerprint density at radius 2 is 1.97 bits per heavy atom. The number of amides is 1. The van der Waals surface area contributed by atoms with Crippen molar-refractivity contribution in [3.05, 3.63) is 47.5 Å². The van der Waals surface area contributed by atoms with Crippen molar-refractivity contribution in [3.63, 3.8) is 0 Å². The lowest BCUT2D eigenvalue weighted by Crippen LogP contribution is -2.38. The number of benzene rings is 1. The summed E-state index contributed by atoms with van der Waals surface area (Å²) in [6.07, 6.45) is 8.64. The van der Waals surface area contributed by atoms with E-state index in [-0.39, 0.29) is 30.0 Å². The molecule has 1 aliphatic rings. The highest BCUT2D eigenvalue weighted by Crippen LogP contribution is 2.38. The van der Waals surface area contributed by atoms with Gasteiger partial charge in [-0.1, -0.05) is 61.7 Å². The second-order valence-electron chi connectivity index (χ2n) is 8.19. The van der Waals surface area contributed by atoms with Gasteiger partial charge in [0.2, 0.25) is 15.9 Å². The zero-order chi connectivity index (χ0) is 21.4. The van der Waals surface area contributed by atoms with E-state index in [1.54, 1.807) is 0 Å². The van der Waals surface area contributed by atoms with Crippen molar-refractivity contribution in [2.24, 2.45) is 23.7 Å². The molecule has 0 aliphatic heterocycles. The van der Waals surface area contributed by atoms with Gasteiger partial charge in [0.1, 0.15) is 0 Å². The van der Waals surface area contributed by atoms with Gasteiger partial charge < -0.3 is 5.32 Å². The molecule has 1 amide bonds. The molecule has 0 bridgehead atoms. The van der Waals surface area contributed by atoms with E-state index in [1.807, 2.05) is 37.3 Å². The summed E-state index contributed by atoms with van der Waals surface area (Å²) in [6, 6.07) is 9.18. The lowest BCUT2D eigenvalue weighted by Gasteiger charge is -2.37. The Bertz CT molecular complexity index is 854. The number of carbonyl (C=O) groups is 1. The number of hydrogen-bond acceptors (Lipinski definition) is 3. The molecule has 2 rings (SSSR count). The minimum Gasteiger partial charge on any atom is -0.345 e. The summed E-state index contributed by atoms with van der Waals surface area (Å²) in [5.74, 6) is 3.34. The second kappa shape index (κ2) is 10.6. The lowest BCUT2D eigenvalue weighted by atomic mass is 9.70. The van der Waals surface area contributed by atoms with Crippen molar-refractivity contribution in [2.75, 3.05) is 13.1 Å². The van der Waals surface area contributed by atoms with Gasteiger partial charge in [-0.2, -0.15) is 0 Å². The van der Waals surface area contributed by atoms with Crippen LogP contribution in [0.5, 0.6) is 0 Å². The van der Waals surface area contributed by atoms with E-state index < -0.39 is 10.0 Å². The maximum Gasteiger partial charge on any atom is 0.221 e. The van der Waals surface area contributed by atoms with Gasteiger partial charge in [-0.15, -0.1) is 6.42 Å². The van der Waals surface area contributed by atoms with Gasteiger partial charge >= 0.3 is 0 Å². The summed E-state index contributed by atoms with van der Waals surface area (Å²) in [5.41, 5.74) is 1.92. The lowest BCUT2D eigenvalue weighted by molar-refractivity contribution is -0.121. The van der Waals surface area contributed by atoms with Crippen molar-refractivity contribution in [1.29, 1.82) is 0 Å². The topological polar surface area (TPSA) is 75.3 Å². The Morgan fingerprint density at radius 3 is 2.59 bits per heavy atom. The number of allylic oxidation sites excluding steroid dienone is 1. The fraction of sp³-hybridized carbons (Fsp3) is 0.522. The average Bonchev–Trinajstić information content (AvgIpc) is 2.66. The molecule has 0 aromatic heterocycles. The van der Waals surface area contributed by atoms with E-state index in [1.165, 1.54) is 0 Å². The Balaban J connectivity index is 2.03. The molecule has 29 heavy (non-hydrogen) atoms. The largest absolute Gasteiger partial charge is 0.345 e. The van der Waals surface area contributed by atoms with Crippen LogP contribution in [-0.2, 0) is 20.6 Å². The van der Waals surface area contributed by atoms with Crippen molar-refractivity contribution >= 4 is 15.9 Å². The maximum absolute atomic E-state index is 12.5. The van der Waals surface area contributed by atoms with Gasteiger partial charge in [-0.25, -0.2) is 13.1 Å². The number of hydrogen-bond donors (Lipinski definition) is 2. The molecule has 0 fully saturated rings. The molecule has 1 aromatic rings. The molecular weight excluding hydrogens is 384 g/mol. The average molecular weight is 417 g/mol. The van der Waals surface area contributed by atoms with E-state index in [2.05, 4.69) is 35.9 Å². The molecule has 3 unspecified atom stereocenters. The predicted molar refractivity (Wildman–Crippen MR) is 117 cm³/mol. The maximum atomic E-state index is 12.5. The fourth-order valence-corrected chi connectivity index (χ4v) is 5.20. The van der Waals surface area contributed by atoms with E-state index in [0.717, 1.165) is 17.6 Å². The molecule has 6 heteroatoms. The van der Waals surface area contributed by atoms with Gasteiger partial charge in [0.05, 0.1) is 12.3 Å². The van der Waals surface area contributed by atoms with Crippen LogP contribution in [-0.4, -0.2) is 27.4 Å².